The third-order valence-corrected chi connectivity index (χ3v) is 6.59. The van der Waals surface area contributed by atoms with E-state index < -0.39 is 5.82 Å². The highest BCUT2D eigenvalue weighted by Crippen LogP contribution is 2.34. The third-order valence-electron chi connectivity index (χ3n) is 4.07. The molecular formula is C17H15ClFN5OS2. The van der Waals surface area contributed by atoms with Gasteiger partial charge in [0.1, 0.15) is 21.9 Å². The highest BCUT2D eigenvalue weighted by Gasteiger charge is 2.19. The van der Waals surface area contributed by atoms with E-state index in [9.17, 15) is 9.18 Å². The van der Waals surface area contributed by atoms with Gasteiger partial charge in [-0.1, -0.05) is 34.7 Å². The Balaban J connectivity index is 1.44. The van der Waals surface area contributed by atoms with Crippen molar-refractivity contribution >= 4 is 61.8 Å². The molecule has 1 N–H and O–H groups in total. The van der Waals surface area contributed by atoms with Crippen LogP contribution in [0.25, 0.3) is 10.3 Å². The number of anilines is 2. The van der Waals surface area contributed by atoms with Gasteiger partial charge >= 0.3 is 0 Å². The van der Waals surface area contributed by atoms with Gasteiger partial charge in [-0.25, -0.2) is 14.4 Å². The zero-order valence-electron chi connectivity index (χ0n) is 14.1. The number of nitrogens with zero attached hydrogens (tertiary/aromatic N) is 4. The molecule has 1 aromatic carbocycles. The molecule has 3 aromatic rings. The van der Waals surface area contributed by atoms with Crippen LogP contribution in [0.4, 0.5) is 15.2 Å². The zero-order chi connectivity index (χ0) is 18.8. The molecule has 0 bridgehead atoms. The van der Waals surface area contributed by atoms with Gasteiger partial charge in [0.05, 0.1) is 10.8 Å². The molecule has 0 aliphatic carbocycles. The van der Waals surface area contributed by atoms with E-state index in [4.69, 9.17) is 11.6 Å². The summed E-state index contributed by atoms with van der Waals surface area (Å²) in [6, 6.07) is 4.07. The molecule has 1 saturated heterocycles. The largest absolute Gasteiger partial charge is 0.348 e. The van der Waals surface area contributed by atoms with Gasteiger partial charge in [-0.05, 0) is 31.0 Å². The van der Waals surface area contributed by atoms with Crippen molar-refractivity contribution in [3.63, 3.8) is 0 Å². The summed E-state index contributed by atoms with van der Waals surface area (Å²) in [5.41, 5.74) is 1.11. The van der Waals surface area contributed by atoms with E-state index in [1.54, 1.807) is 11.3 Å². The van der Waals surface area contributed by atoms with Gasteiger partial charge in [0.2, 0.25) is 5.91 Å². The Morgan fingerprint density at radius 3 is 2.93 bits per heavy atom. The summed E-state index contributed by atoms with van der Waals surface area (Å²) in [7, 11) is 0. The molecule has 1 aliphatic rings. The molecule has 2 aromatic heterocycles. The van der Waals surface area contributed by atoms with E-state index in [-0.39, 0.29) is 16.7 Å². The van der Waals surface area contributed by atoms with Crippen molar-refractivity contribution in [2.24, 2.45) is 0 Å². The van der Waals surface area contributed by atoms with Gasteiger partial charge < -0.3 is 10.2 Å². The van der Waals surface area contributed by atoms with Gasteiger partial charge in [0.15, 0.2) is 10.8 Å². The van der Waals surface area contributed by atoms with Crippen LogP contribution in [0, 0.1) is 5.82 Å². The van der Waals surface area contributed by atoms with Crippen LogP contribution in [0.3, 0.4) is 0 Å². The van der Waals surface area contributed by atoms with E-state index in [1.807, 2.05) is 0 Å². The second-order valence-corrected chi connectivity index (χ2v) is 8.34. The van der Waals surface area contributed by atoms with E-state index in [1.165, 1.54) is 49.1 Å². The molecule has 10 heteroatoms. The van der Waals surface area contributed by atoms with Crippen molar-refractivity contribution in [2.75, 3.05) is 29.1 Å². The number of rotatable bonds is 5. The van der Waals surface area contributed by atoms with Crippen LogP contribution in [-0.2, 0) is 4.79 Å². The molecule has 0 atom stereocenters. The molecule has 0 saturated carbocycles. The van der Waals surface area contributed by atoms with Gasteiger partial charge in [-0.15, -0.1) is 0 Å². The molecule has 0 unspecified atom stereocenters. The summed E-state index contributed by atoms with van der Waals surface area (Å²) < 4.78 is 14.1. The van der Waals surface area contributed by atoms with Crippen LogP contribution in [0.1, 0.15) is 12.8 Å². The Hall–Kier alpha value is -1.97. The van der Waals surface area contributed by atoms with E-state index >= 15 is 0 Å². The van der Waals surface area contributed by atoms with Gasteiger partial charge in [-0.2, -0.15) is 4.98 Å². The number of benzene rings is 1. The number of fused-ring (bicyclic) bond motifs is 1. The normalized spacial score (nSPS) is 14.1. The van der Waals surface area contributed by atoms with Crippen molar-refractivity contribution in [1.29, 1.82) is 0 Å². The topological polar surface area (TPSA) is 71.0 Å². The Labute approximate surface area is 168 Å². The fourth-order valence-electron chi connectivity index (χ4n) is 2.77. The van der Waals surface area contributed by atoms with Gasteiger partial charge in [-0.3, -0.25) is 4.79 Å². The Morgan fingerprint density at radius 1 is 1.33 bits per heavy atom. The second kappa shape index (κ2) is 7.95. The quantitative estimate of drug-likeness (QED) is 0.489. The fourth-order valence-corrected chi connectivity index (χ4v) is 4.90. The molecule has 27 heavy (non-hydrogen) atoms. The number of amides is 1. The molecule has 3 heterocycles. The zero-order valence-corrected chi connectivity index (χ0v) is 16.5. The molecule has 4 rings (SSSR count). The lowest BCUT2D eigenvalue weighted by Gasteiger charge is -2.11. The minimum Gasteiger partial charge on any atom is -0.348 e. The molecule has 0 spiro atoms. The van der Waals surface area contributed by atoms with E-state index in [0.29, 0.717) is 11.3 Å². The maximum absolute atomic E-state index is 13.2. The first-order valence-corrected chi connectivity index (χ1v) is 10.5. The van der Waals surface area contributed by atoms with Crippen molar-refractivity contribution in [1.82, 2.24) is 15.0 Å². The minimum atomic E-state index is -0.522. The van der Waals surface area contributed by atoms with Crippen LogP contribution in [0.15, 0.2) is 29.6 Å². The number of nitrogens with one attached hydrogen (secondary N) is 1. The summed E-state index contributed by atoms with van der Waals surface area (Å²) >= 11 is 8.61. The smallest absolute Gasteiger partial charge is 0.234 e. The number of aromatic nitrogens is 3. The highest BCUT2D eigenvalue weighted by molar-refractivity contribution is 8.00. The predicted molar refractivity (Wildman–Crippen MR) is 107 cm³/mol. The van der Waals surface area contributed by atoms with Crippen molar-refractivity contribution < 1.29 is 9.18 Å². The first kappa shape index (κ1) is 18.4. The lowest BCUT2D eigenvalue weighted by molar-refractivity contribution is -0.113. The van der Waals surface area contributed by atoms with Crippen LogP contribution in [0.5, 0.6) is 0 Å². The van der Waals surface area contributed by atoms with E-state index in [0.717, 1.165) is 27.9 Å². The van der Waals surface area contributed by atoms with Crippen LogP contribution in [0.2, 0.25) is 5.02 Å². The number of carbonyl (C=O) groups is 1. The monoisotopic (exact) mass is 423 g/mol. The summed E-state index contributed by atoms with van der Waals surface area (Å²) in [6.45, 7) is 2.02. The summed E-state index contributed by atoms with van der Waals surface area (Å²) in [4.78, 5) is 27.6. The maximum atomic E-state index is 13.2. The Morgan fingerprint density at radius 2 is 2.15 bits per heavy atom. The molecule has 0 radical (unpaired) electrons. The van der Waals surface area contributed by atoms with Gasteiger partial charge in [0.25, 0.3) is 0 Å². The Bertz CT molecular complexity index is 993. The van der Waals surface area contributed by atoms with Crippen molar-refractivity contribution in [3.05, 3.63) is 35.4 Å². The number of thiazole rings is 1. The standard InChI is InChI=1S/C17H15ClFN5OS2/c18-11-7-10(3-4-12(11)19)22-13(25)8-26-16-14-15(20-9-21-16)23-17(27-14)24-5-1-2-6-24/h3-4,7,9H,1-2,5-6,8H2,(H,22,25). The number of carbonyl (C=O) groups excluding carboxylic acids is 1. The maximum Gasteiger partial charge on any atom is 0.234 e. The van der Waals surface area contributed by atoms with E-state index in [2.05, 4.69) is 25.2 Å². The number of thioether (sulfide) groups is 1. The number of hydrogen-bond acceptors (Lipinski definition) is 7. The number of halogens is 2. The fraction of sp³-hybridized carbons (Fsp3) is 0.294. The predicted octanol–water partition coefficient (Wildman–Crippen LogP) is 4.21. The second-order valence-electron chi connectivity index (χ2n) is 5.99. The average molecular weight is 424 g/mol. The molecule has 1 amide bonds. The lowest BCUT2D eigenvalue weighted by Crippen LogP contribution is -2.16. The van der Waals surface area contributed by atoms with Crippen molar-refractivity contribution in [3.8, 4) is 0 Å². The third kappa shape index (κ3) is 4.15. The Kier molecular flexibility index (Phi) is 5.42. The number of hydrogen-bond donors (Lipinski definition) is 1. The average Bonchev–Trinajstić information content (AvgIpc) is 3.32. The molecular weight excluding hydrogens is 409 g/mol. The summed E-state index contributed by atoms with van der Waals surface area (Å²) in [6.07, 6.45) is 3.82. The molecule has 140 valence electrons. The minimum absolute atomic E-state index is 0.0305. The molecule has 1 aliphatic heterocycles. The van der Waals surface area contributed by atoms with Crippen LogP contribution < -0.4 is 10.2 Å². The van der Waals surface area contributed by atoms with Gasteiger partial charge in [0, 0.05) is 18.8 Å². The highest BCUT2D eigenvalue weighted by atomic mass is 35.5. The first-order valence-electron chi connectivity index (χ1n) is 8.34. The SMILES string of the molecule is O=C(CSc1ncnc2nc(N3CCCC3)sc12)Nc1ccc(F)c(Cl)c1. The molecule has 1 fully saturated rings. The van der Waals surface area contributed by atoms with Crippen molar-refractivity contribution in [2.45, 2.75) is 17.9 Å². The molecule has 6 nitrogen and oxygen atoms in total. The lowest BCUT2D eigenvalue weighted by atomic mass is 10.3. The summed E-state index contributed by atoms with van der Waals surface area (Å²) in [5, 5.41) is 4.36. The van der Waals surface area contributed by atoms with Crippen LogP contribution >= 0.6 is 34.7 Å². The summed E-state index contributed by atoms with van der Waals surface area (Å²) in [5.74, 6) is -0.581. The first-order chi connectivity index (χ1) is 13.1. The van der Waals surface area contributed by atoms with Crippen LogP contribution in [-0.4, -0.2) is 39.7 Å².